The molecule has 4 rings (SSSR count). The molecular weight excluding hydrogens is 400 g/mol. The topological polar surface area (TPSA) is 58.6 Å². The van der Waals surface area contributed by atoms with Crippen LogP contribution < -0.4 is 10.2 Å². The standard InChI is InChI=1S/C27H28N2O3/c1-27(2,3)32-26(31)28-23-17-22-16-21(20-12-8-5-9-13-20)14-15-24(22)29(25(23)30)18-19-10-6-4-7-11-19/h4-16,23H,17-18H2,1-3H3,(H,28,31). The maximum absolute atomic E-state index is 13.4. The lowest BCUT2D eigenvalue weighted by atomic mass is 9.93. The van der Waals surface area contributed by atoms with Gasteiger partial charge in [0.05, 0.1) is 6.54 Å². The Labute approximate surface area is 189 Å². The lowest BCUT2D eigenvalue weighted by Crippen LogP contribution is -2.53. The van der Waals surface area contributed by atoms with Gasteiger partial charge in [-0.1, -0.05) is 66.7 Å². The Morgan fingerprint density at radius 1 is 0.969 bits per heavy atom. The number of nitrogens with zero attached hydrogens (tertiary/aromatic N) is 1. The molecule has 1 heterocycles. The number of hydrogen-bond donors (Lipinski definition) is 1. The average Bonchev–Trinajstić information content (AvgIpc) is 2.76. The second-order valence-electron chi connectivity index (χ2n) is 9.02. The van der Waals surface area contributed by atoms with Crippen LogP contribution in [0.25, 0.3) is 11.1 Å². The van der Waals surface area contributed by atoms with Crippen molar-refractivity contribution in [3.05, 3.63) is 90.0 Å². The van der Waals surface area contributed by atoms with Gasteiger partial charge in [0.15, 0.2) is 0 Å². The summed E-state index contributed by atoms with van der Waals surface area (Å²) in [6, 6.07) is 25.5. The molecular formula is C27H28N2O3. The van der Waals surface area contributed by atoms with Gasteiger partial charge in [-0.25, -0.2) is 4.79 Å². The predicted molar refractivity (Wildman–Crippen MR) is 126 cm³/mol. The van der Waals surface area contributed by atoms with E-state index in [1.165, 1.54) is 0 Å². The SMILES string of the molecule is CC(C)(C)OC(=O)NC1Cc2cc(-c3ccccc3)ccc2N(Cc2ccccc2)C1=O. The molecule has 0 saturated heterocycles. The zero-order chi connectivity index (χ0) is 22.7. The number of carbonyl (C=O) groups excluding carboxylic acids is 2. The van der Waals surface area contributed by atoms with Gasteiger partial charge in [-0.3, -0.25) is 4.79 Å². The van der Waals surface area contributed by atoms with Crippen molar-refractivity contribution in [3.63, 3.8) is 0 Å². The van der Waals surface area contributed by atoms with E-state index in [0.29, 0.717) is 13.0 Å². The van der Waals surface area contributed by atoms with Crippen molar-refractivity contribution < 1.29 is 14.3 Å². The van der Waals surface area contributed by atoms with Crippen molar-refractivity contribution in [1.29, 1.82) is 0 Å². The molecule has 32 heavy (non-hydrogen) atoms. The molecule has 1 N–H and O–H groups in total. The van der Waals surface area contributed by atoms with Gasteiger partial charge in [0.1, 0.15) is 11.6 Å². The first-order valence-electron chi connectivity index (χ1n) is 10.8. The summed E-state index contributed by atoms with van der Waals surface area (Å²) in [5.74, 6) is -0.139. The minimum atomic E-state index is -0.688. The third kappa shape index (κ3) is 4.99. The largest absolute Gasteiger partial charge is 0.444 e. The summed E-state index contributed by atoms with van der Waals surface area (Å²) in [6.45, 7) is 5.85. The van der Waals surface area contributed by atoms with Crippen LogP contribution in [0.2, 0.25) is 0 Å². The van der Waals surface area contributed by atoms with Crippen molar-refractivity contribution >= 4 is 17.7 Å². The first kappa shape index (κ1) is 21.6. The van der Waals surface area contributed by atoms with Crippen LogP contribution in [-0.4, -0.2) is 23.6 Å². The molecule has 2 amide bonds. The molecule has 0 fully saturated rings. The van der Waals surface area contributed by atoms with E-state index in [1.54, 1.807) is 25.7 Å². The summed E-state index contributed by atoms with van der Waals surface area (Å²) in [6.07, 6.45) is -0.169. The summed E-state index contributed by atoms with van der Waals surface area (Å²) < 4.78 is 5.40. The van der Waals surface area contributed by atoms with Crippen LogP contribution in [0.1, 0.15) is 31.9 Å². The lowest BCUT2D eigenvalue weighted by Gasteiger charge is -2.35. The van der Waals surface area contributed by atoms with Gasteiger partial charge in [-0.05, 0) is 55.2 Å². The van der Waals surface area contributed by atoms with Gasteiger partial charge in [-0.15, -0.1) is 0 Å². The summed E-state index contributed by atoms with van der Waals surface area (Å²) in [5.41, 5.74) is 4.47. The Morgan fingerprint density at radius 2 is 1.62 bits per heavy atom. The zero-order valence-electron chi connectivity index (χ0n) is 18.7. The molecule has 5 heteroatoms. The summed E-state index contributed by atoms with van der Waals surface area (Å²) in [7, 11) is 0. The molecule has 1 aliphatic heterocycles. The Kier molecular flexibility index (Phi) is 5.99. The fourth-order valence-corrected chi connectivity index (χ4v) is 3.93. The van der Waals surface area contributed by atoms with Crippen molar-refractivity contribution in [2.24, 2.45) is 0 Å². The number of anilines is 1. The normalized spacial score (nSPS) is 15.8. The van der Waals surface area contributed by atoms with Gasteiger partial charge >= 0.3 is 6.09 Å². The number of carbonyl (C=O) groups is 2. The van der Waals surface area contributed by atoms with Crippen LogP contribution >= 0.6 is 0 Å². The van der Waals surface area contributed by atoms with Crippen LogP contribution in [0.4, 0.5) is 10.5 Å². The molecule has 1 unspecified atom stereocenters. The van der Waals surface area contributed by atoms with Crippen LogP contribution in [0.5, 0.6) is 0 Å². The summed E-state index contributed by atoms with van der Waals surface area (Å²) in [4.78, 5) is 27.6. The first-order chi connectivity index (χ1) is 15.3. The van der Waals surface area contributed by atoms with Gasteiger partial charge < -0.3 is 15.0 Å². The Balaban J connectivity index is 1.68. The third-order valence-electron chi connectivity index (χ3n) is 5.34. The van der Waals surface area contributed by atoms with E-state index >= 15 is 0 Å². The van der Waals surface area contributed by atoms with Crippen molar-refractivity contribution in [1.82, 2.24) is 5.32 Å². The van der Waals surface area contributed by atoms with E-state index < -0.39 is 17.7 Å². The molecule has 5 nitrogen and oxygen atoms in total. The Morgan fingerprint density at radius 3 is 2.28 bits per heavy atom. The number of fused-ring (bicyclic) bond motifs is 1. The van der Waals surface area contributed by atoms with Gasteiger partial charge in [0.25, 0.3) is 0 Å². The first-order valence-corrected chi connectivity index (χ1v) is 10.8. The third-order valence-corrected chi connectivity index (χ3v) is 5.34. The van der Waals surface area contributed by atoms with E-state index in [0.717, 1.165) is 27.9 Å². The number of alkyl carbamates (subject to hydrolysis) is 1. The zero-order valence-corrected chi connectivity index (χ0v) is 18.7. The number of hydrogen-bond acceptors (Lipinski definition) is 3. The van der Waals surface area contributed by atoms with E-state index in [2.05, 4.69) is 23.5 Å². The number of ether oxygens (including phenoxy) is 1. The van der Waals surface area contributed by atoms with E-state index in [4.69, 9.17) is 4.74 Å². The minimum absolute atomic E-state index is 0.139. The molecule has 0 bridgehead atoms. The highest BCUT2D eigenvalue weighted by atomic mass is 16.6. The molecule has 0 saturated carbocycles. The number of amides is 2. The lowest BCUT2D eigenvalue weighted by molar-refractivity contribution is -0.121. The summed E-state index contributed by atoms with van der Waals surface area (Å²) >= 11 is 0. The second-order valence-corrected chi connectivity index (χ2v) is 9.02. The molecule has 0 aliphatic carbocycles. The maximum Gasteiger partial charge on any atom is 0.408 e. The van der Waals surface area contributed by atoms with Gasteiger partial charge in [-0.2, -0.15) is 0 Å². The van der Waals surface area contributed by atoms with Crippen molar-refractivity contribution in [3.8, 4) is 11.1 Å². The number of rotatable bonds is 4. The second kappa shape index (κ2) is 8.87. The molecule has 1 aliphatic rings. The molecule has 0 radical (unpaired) electrons. The van der Waals surface area contributed by atoms with E-state index in [-0.39, 0.29) is 5.91 Å². The number of benzene rings is 3. The van der Waals surface area contributed by atoms with Gasteiger partial charge in [0, 0.05) is 12.1 Å². The van der Waals surface area contributed by atoms with Crippen LogP contribution in [0.3, 0.4) is 0 Å². The number of nitrogens with one attached hydrogen (secondary N) is 1. The van der Waals surface area contributed by atoms with Crippen LogP contribution in [-0.2, 0) is 22.5 Å². The highest BCUT2D eigenvalue weighted by molar-refractivity contribution is 6.02. The Bertz CT molecular complexity index is 1100. The van der Waals surface area contributed by atoms with E-state index in [9.17, 15) is 9.59 Å². The van der Waals surface area contributed by atoms with Crippen LogP contribution in [0.15, 0.2) is 78.9 Å². The Hall–Kier alpha value is -3.60. The van der Waals surface area contributed by atoms with E-state index in [1.807, 2.05) is 60.7 Å². The fraction of sp³-hybridized carbons (Fsp3) is 0.259. The van der Waals surface area contributed by atoms with Crippen molar-refractivity contribution in [2.45, 2.75) is 45.4 Å². The molecule has 1 atom stereocenters. The molecule has 3 aromatic rings. The summed E-state index contributed by atoms with van der Waals surface area (Å²) in [5, 5.41) is 2.79. The molecule has 0 aromatic heterocycles. The quantitative estimate of drug-likeness (QED) is 0.611. The predicted octanol–water partition coefficient (Wildman–Crippen LogP) is 5.34. The molecule has 0 spiro atoms. The molecule has 164 valence electrons. The highest BCUT2D eigenvalue weighted by Gasteiger charge is 2.35. The molecule has 3 aromatic carbocycles. The highest BCUT2D eigenvalue weighted by Crippen LogP contribution is 2.33. The smallest absolute Gasteiger partial charge is 0.408 e. The van der Waals surface area contributed by atoms with Crippen LogP contribution in [0, 0.1) is 0 Å². The minimum Gasteiger partial charge on any atom is -0.444 e. The maximum atomic E-state index is 13.4. The van der Waals surface area contributed by atoms with Gasteiger partial charge in [0.2, 0.25) is 5.91 Å². The monoisotopic (exact) mass is 428 g/mol. The average molecular weight is 429 g/mol. The fourth-order valence-electron chi connectivity index (χ4n) is 3.93. The van der Waals surface area contributed by atoms with Crippen molar-refractivity contribution in [2.75, 3.05) is 4.90 Å².